The molecule has 0 unspecified atom stereocenters. The first-order chi connectivity index (χ1) is 15.3. The third kappa shape index (κ3) is 4.74. The van der Waals surface area contributed by atoms with Crippen LogP contribution in [0.3, 0.4) is 0 Å². The van der Waals surface area contributed by atoms with Gasteiger partial charge in [-0.25, -0.2) is 17.8 Å². The predicted molar refractivity (Wildman–Crippen MR) is 118 cm³/mol. The molecule has 0 aliphatic carbocycles. The second-order valence-electron chi connectivity index (χ2n) is 6.59. The number of rotatable bonds is 7. The second kappa shape index (κ2) is 9.54. The Morgan fingerprint density at radius 3 is 2.28 bits per heavy atom. The topological polar surface area (TPSA) is 139 Å². The van der Waals surface area contributed by atoms with Gasteiger partial charge < -0.3 is 0 Å². The Kier molecular flexibility index (Phi) is 6.81. The van der Waals surface area contributed by atoms with Crippen molar-refractivity contribution in [2.24, 2.45) is 0 Å². The Morgan fingerprint density at radius 1 is 1.03 bits per heavy atom. The molecule has 2 amide bonds. The summed E-state index contributed by atoms with van der Waals surface area (Å²) < 4.78 is 27.7. The molecule has 166 valence electrons. The maximum absolute atomic E-state index is 12.7. The van der Waals surface area contributed by atoms with Crippen LogP contribution in [0.5, 0.6) is 0 Å². The molecule has 3 N–H and O–H groups in total. The van der Waals surface area contributed by atoms with E-state index in [9.17, 15) is 22.8 Å². The summed E-state index contributed by atoms with van der Waals surface area (Å²) in [5.41, 5.74) is 4.33. The van der Waals surface area contributed by atoms with Gasteiger partial charge in [-0.2, -0.15) is 5.10 Å². The standard InChI is InChI=1S/C21H21N5O5S/c1-3-13-22-32(30,31)15-11-9-14(10-12-15)19(27)23-24-20(28)18-16-7-5-6-8-17(16)21(29)26(4-2)25-18/h3,5-12,22H,1,4,13H2,2H3,(H,23,27)(H,24,28). The van der Waals surface area contributed by atoms with Crippen LogP contribution in [0.15, 0.2) is 70.9 Å². The summed E-state index contributed by atoms with van der Waals surface area (Å²) in [5, 5.41) is 4.79. The van der Waals surface area contributed by atoms with Crippen molar-refractivity contribution in [2.75, 3.05) is 6.54 Å². The van der Waals surface area contributed by atoms with Crippen LogP contribution in [-0.2, 0) is 16.6 Å². The summed E-state index contributed by atoms with van der Waals surface area (Å²) >= 11 is 0. The summed E-state index contributed by atoms with van der Waals surface area (Å²) in [6.07, 6.45) is 1.41. The molecule has 0 bridgehead atoms. The van der Waals surface area contributed by atoms with E-state index >= 15 is 0 Å². The highest BCUT2D eigenvalue weighted by Gasteiger charge is 2.18. The average Bonchev–Trinajstić information content (AvgIpc) is 2.81. The fourth-order valence-corrected chi connectivity index (χ4v) is 3.90. The van der Waals surface area contributed by atoms with Crippen molar-refractivity contribution >= 4 is 32.6 Å². The van der Waals surface area contributed by atoms with Crippen molar-refractivity contribution < 1.29 is 18.0 Å². The summed E-state index contributed by atoms with van der Waals surface area (Å²) in [7, 11) is -3.72. The van der Waals surface area contributed by atoms with Gasteiger partial charge in [0, 0.05) is 24.0 Å². The smallest absolute Gasteiger partial charge is 0.267 e. The number of hydrogen-bond acceptors (Lipinski definition) is 6. The molecule has 3 rings (SSSR count). The van der Waals surface area contributed by atoms with E-state index in [4.69, 9.17) is 0 Å². The van der Waals surface area contributed by atoms with Gasteiger partial charge >= 0.3 is 0 Å². The molecule has 1 aromatic heterocycles. The number of hydrazine groups is 1. The van der Waals surface area contributed by atoms with Crippen LogP contribution in [0, 0.1) is 0 Å². The fourth-order valence-electron chi connectivity index (χ4n) is 2.90. The first-order valence-corrected chi connectivity index (χ1v) is 11.1. The zero-order valence-corrected chi connectivity index (χ0v) is 18.0. The lowest BCUT2D eigenvalue weighted by atomic mass is 10.1. The van der Waals surface area contributed by atoms with Crippen LogP contribution < -0.4 is 21.1 Å². The Labute approximate surface area is 184 Å². The number of carbonyl (C=O) groups is 2. The van der Waals surface area contributed by atoms with Crippen LogP contribution in [0.4, 0.5) is 0 Å². The van der Waals surface area contributed by atoms with Gasteiger partial charge in [0.25, 0.3) is 17.4 Å². The van der Waals surface area contributed by atoms with Crippen molar-refractivity contribution in [2.45, 2.75) is 18.4 Å². The highest BCUT2D eigenvalue weighted by atomic mass is 32.2. The number of nitrogens with zero attached hydrogens (tertiary/aromatic N) is 2. The average molecular weight is 455 g/mol. The number of aryl methyl sites for hydroxylation is 1. The Morgan fingerprint density at radius 2 is 1.66 bits per heavy atom. The van der Waals surface area contributed by atoms with E-state index in [1.54, 1.807) is 31.2 Å². The van der Waals surface area contributed by atoms with Crippen LogP contribution in [0.1, 0.15) is 27.8 Å². The van der Waals surface area contributed by atoms with E-state index in [1.807, 2.05) is 0 Å². The number of benzene rings is 2. The Balaban J connectivity index is 1.76. The van der Waals surface area contributed by atoms with Gasteiger partial charge in [0.2, 0.25) is 10.0 Å². The highest BCUT2D eigenvalue weighted by molar-refractivity contribution is 7.89. The lowest BCUT2D eigenvalue weighted by Crippen LogP contribution is -2.42. The predicted octanol–water partition coefficient (Wildman–Crippen LogP) is 0.956. The summed E-state index contributed by atoms with van der Waals surface area (Å²) in [6.45, 7) is 5.52. The van der Waals surface area contributed by atoms with E-state index in [1.165, 1.54) is 35.0 Å². The second-order valence-corrected chi connectivity index (χ2v) is 8.36. The number of carbonyl (C=O) groups excluding carboxylic acids is 2. The van der Waals surface area contributed by atoms with E-state index < -0.39 is 21.8 Å². The molecule has 10 nitrogen and oxygen atoms in total. The first kappa shape index (κ1) is 22.8. The monoisotopic (exact) mass is 455 g/mol. The molecule has 0 spiro atoms. The maximum Gasteiger partial charge on any atom is 0.290 e. The lowest BCUT2D eigenvalue weighted by Gasteiger charge is -2.11. The van der Waals surface area contributed by atoms with Crippen LogP contribution in [0.25, 0.3) is 10.8 Å². The molecule has 0 aliphatic rings. The molecular weight excluding hydrogens is 434 g/mol. The number of sulfonamides is 1. The van der Waals surface area contributed by atoms with Gasteiger partial charge in [0.1, 0.15) is 0 Å². The molecular formula is C21H21N5O5S. The van der Waals surface area contributed by atoms with Crippen molar-refractivity contribution in [1.82, 2.24) is 25.4 Å². The van der Waals surface area contributed by atoms with E-state index in [-0.39, 0.29) is 34.8 Å². The number of amides is 2. The maximum atomic E-state index is 12.7. The number of hydrogen-bond donors (Lipinski definition) is 3. The molecule has 0 saturated heterocycles. The largest absolute Gasteiger partial charge is 0.290 e. The summed E-state index contributed by atoms with van der Waals surface area (Å²) in [4.78, 5) is 37.4. The van der Waals surface area contributed by atoms with Crippen LogP contribution in [0.2, 0.25) is 0 Å². The third-order valence-electron chi connectivity index (χ3n) is 4.52. The normalized spacial score (nSPS) is 11.2. The van der Waals surface area contributed by atoms with E-state index in [0.717, 1.165) is 0 Å². The minimum absolute atomic E-state index is 0.0163. The van der Waals surface area contributed by atoms with Gasteiger partial charge in [-0.3, -0.25) is 25.2 Å². The number of nitrogens with one attached hydrogen (secondary N) is 3. The molecule has 0 fully saturated rings. The van der Waals surface area contributed by atoms with Crippen molar-refractivity contribution in [3.63, 3.8) is 0 Å². The third-order valence-corrected chi connectivity index (χ3v) is 5.96. The quantitative estimate of drug-likeness (QED) is 0.358. The first-order valence-electron chi connectivity index (χ1n) is 9.59. The minimum Gasteiger partial charge on any atom is -0.267 e. The molecule has 32 heavy (non-hydrogen) atoms. The fraction of sp³-hybridized carbons (Fsp3) is 0.143. The summed E-state index contributed by atoms with van der Waals surface area (Å²) in [6, 6.07) is 11.7. The molecule has 2 aromatic carbocycles. The molecule has 3 aromatic rings. The molecule has 0 saturated carbocycles. The van der Waals surface area contributed by atoms with Gasteiger partial charge in [-0.1, -0.05) is 24.3 Å². The molecule has 0 radical (unpaired) electrons. The SMILES string of the molecule is C=CCNS(=O)(=O)c1ccc(C(=O)NNC(=O)c2nn(CC)c(=O)c3ccccc23)cc1. The van der Waals surface area contributed by atoms with E-state index in [2.05, 4.69) is 27.3 Å². The Hall–Kier alpha value is -3.83. The molecule has 11 heteroatoms. The van der Waals surface area contributed by atoms with Gasteiger partial charge in [-0.15, -0.1) is 6.58 Å². The molecule has 1 heterocycles. The lowest BCUT2D eigenvalue weighted by molar-refractivity contribution is 0.0843. The highest BCUT2D eigenvalue weighted by Crippen LogP contribution is 2.13. The van der Waals surface area contributed by atoms with Crippen LogP contribution >= 0.6 is 0 Å². The zero-order valence-electron chi connectivity index (χ0n) is 17.2. The van der Waals surface area contributed by atoms with Gasteiger partial charge in [0.05, 0.1) is 10.3 Å². The van der Waals surface area contributed by atoms with Crippen molar-refractivity contribution in [1.29, 1.82) is 0 Å². The molecule has 0 aliphatic heterocycles. The van der Waals surface area contributed by atoms with Crippen LogP contribution in [-0.4, -0.2) is 36.6 Å². The van der Waals surface area contributed by atoms with E-state index in [0.29, 0.717) is 10.8 Å². The van der Waals surface area contributed by atoms with Crippen molar-refractivity contribution in [3.05, 3.63) is 82.8 Å². The number of aromatic nitrogens is 2. The van der Waals surface area contributed by atoms with Gasteiger partial charge in [-0.05, 0) is 37.3 Å². The van der Waals surface area contributed by atoms with Gasteiger partial charge in [0.15, 0.2) is 5.69 Å². The minimum atomic E-state index is -3.72. The number of fused-ring (bicyclic) bond motifs is 1. The summed E-state index contributed by atoms with van der Waals surface area (Å²) in [5.74, 6) is -1.36. The Bertz CT molecular complexity index is 1350. The molecule has 0 atom stereocenters. The van der Waals surface area contributed by atoms with Crippen molar-refractivity contribution in [3.8, 4) is 0 Å². The zero-order chi connectivity index (χ0) is 23.3.